The van der Waals surface area contributed by atoms with Crippen molar-refractivity contribution < 1.29 is 46.1 Å². The standard InChI is InChI=1S/C17H13.C13H10.C11H17.2ClH.Zr/c1-3-12-5-7-14-11-15-8-6-13(4-2)10-17(15)16(14)9-12;1-3-7-12(8-4-1)11-13-9-5-2-6-10-13;1-5-9-6-7-10(8-9)11(2,3)4;;;/h3-7,9-10H,1-2,11H2;1-10H;7-9H,5H2,1-4H3;2*1H;/q;;;;;+2/p-2. The van der Waals surface area contributed by atoms with Gasteiger partial charge in [-0.15, -0.1) is 0 Å². The third-order valence-electron chi connectivity index (χ3n) is 8.86. The molecule has 0 nitrogen and oxygen atoms in total. The van der Waals surface area contributed by atoms with Crippen molar-refractivity contribution in [3.8, 4) is 11.1 Å². The summed E-state index contributed by atoms with van der Waals surface area (Å²) in [5.74, 6) is 0.468. The second-order valence-corrected chi connectivity index (χ2v) is 18.4. The van der Waals surface area contributed by atoms with Crippen LogP contribution in [0.2, 0.25) is 0 Å². The molecule has 1 atom stereocenters. The third kappa shape index (κ3) is 6.44. The van der Waals surface area contributed by atoms with Gasteiger partial charge in [0.15, 0.2) is 0 Å². The predicted molar refractivity (Wildman–Crippen MR) is 180 cm³/mol. The maximum atomic E-state index is 4.25. The van der Waals surface area contributed by atoms with Crippen LogP contribution in [0.25, 0.3) is 23.3 Å². The van der Waals surface area contributed by atoms with Crippen molar-refractivity contribution in [1.29, 1.82) is 0 Å². The molecule has 4 aromatic rings. The van der Waals surface area contributed by atoms with Gasteiger partial charge in [-0.2, -0.15) is 0 Å². The molecule has 0 aliphatic heterocycles. The van der Waals surface area contributed by atoms with Gasteiger partial charge in [0.2, 0.25) is 0 Å². The summed E-state index contributed by atoms with van der Waals surface area (Å²) in [5.41, 5.74) is 12.4. The van der Waals surface area contributed by atoms with E-state index in [1.807, 2.05) is 12.2 Å². The van der Waals surface area contributed by atoms with Crippen molar-refractivity contribution in [2.24, 2.45) is 11.3 Å². The number of benzene rings is 4. The van der Waals surface area contributed by atoms with E-state index in [9.17, 15) is 0 Å². The van der Waals surface area contributed by atoms with Crippen LogP contribution < -0.4 is 28.1 Å². The topological polar surface area (TPSA) is 0 Å². The van der Waals surface area contributed by atoms with Gasteiger partial charge < -0.3 is 24.8 Å². The Morgan fingerprint density at radius 2 is 1.39 bits per heavy atom. The zero-order valence-electron chi connectivity index (χ0n) is 26.1. The van der Waals surface area contributed by atoms with Crippen LogP contribution in [0.15, 0.2) is 125 Å². The summed E-state index contributed by atoms with van der Waals surface area (Å²) in [6.45, 7) is 17.7. The Labute approximate surface area is 284 Å². The Morgan fingerprint density at radius 1 is 0.795 bits per heavy atom. The summed E-state index contributed by atoms with van der Waals surface area (Å²) >= 11 is -2.84. The summed E-state index contributed by atoms with van der Waals surface area (Å²) < 4.78 is 4.86. The van der Waals surface area contributed by atoms with E-state index in [0.29, 0.717) is 5.92 Å². The van der Waals surface area contributed by atoms with E-state index in [-0.39, 0.29) is 30.2 Å². The molecule has 3 heteroatoms. The molecule has 222 valence electrons. The molecule has 0 amide bonds. The fourth-order valence-electron chi connectivity index (χ4n) is 6.57. The van der Waals surface area contributed by atoms with Gasteiger partial charge in [-0.05, 0) is 0 Å². The van der Waals surface area contributed by atoms with Crippen LogP contribution in [0, 0.1) is 11.3 Å². The second-order valence-electron chi connectivity index (χ2n) is 12.6. The van der Waals surface area contributed by atoms with E-state index in [1.165, 1.54) is 50.1 Å². The molecule has 4 aromatic carbocycles. The average Bonchev–Trinajstić information content (AvgIpc) is 3.62. The second kappa shape index (κ2) is 14.1. The molecule has 0 fully saturated rings. The summed E-state index contributed by atoms with van der Waals surface area (Å²) in [4.78, 5) is 0. The zero-order chi connectivity index (χ0) is 29.4. The van der Waals surface area contributed by atoms with Crippen LogP contribution in [0.3, 0.4) is 0 Å². The maximum Gasteiger partial charge on any atom is -1.00 e. The predicted octanol–water partition coefficient (Wildman–Crippen LogP) is 3.96. The Bertz CT molecular complexity index is 1740. The first-order chi connectivity index (χ1) is 20.3. The van der Waals surface area contributed by atoms with E-state index < -0.39 is 21.3 Å². The van der Waals surface area contributed by atoms with Crippen LogP contribution >= 0.6 is 0 Å². The minimum absolute atomic E-state index is 0. The summed E-state index contributed by atoms with van der Waals surface area (Å²) in [6, 6.07) is 34.2. The van der Waals surface area contributed by atoms with Crippen molar-refractivity contribution in [2.45, 2.75) is 40.5 Å². The minimum atomic E-state index is -2.84. The van der Waals surface area contributed by atoms with Crippen LogP contribution in [0.4, 0.5) is 0 Å². The molecule has 0 saturated heterocycles. The number of allylic oxidation sites excluding steroid dienone is 4. The van der Waals surface area contributed by atoms with Gasteiger partial charge in [-0.25, -0.2) is 0 Å². The van der Waals surface area contributed by atoms with Crippen LogP contribution in [-0.2, 0) is 27.7 Å². The first kappa shape index (κ1) is 34.1. The molecule has 44 heavy (non-hydrogen) atoms. The Kier molecular flexibility index (Phi) is 10.9. The SMILES string of the molecule is C=Cc1ccc2c(c1)-c1cc(C=C)c[c]([Zr+2]([C]3=CC(C(C)(C)C)=CC3CC)=[C](c3ccccc3)c3ccccc3)c1C2.[Cl-].[Cl-]. The number of rotatable bonds is 7. The number of fused-ring (bicyclic) bond motifs is 3. The van der Waals surface area contributed by atoms with Gasteiger partial charge >= 0.3 is 261 Å². The van der Waals surface area contributed by atoms with E-state index in [1.54, 1.807) is 9.76 Å². The Hall–Kier alpha value is -2.83. The van der Waals surface area contributed by atoms with Crippen LogP contribution in [0.5, 0.6) is 0 Å². The van der Waals surface area contributed by atoms with E-state index in [2.05, 4.69) is 144 Å². The number of hydrogen-bond donors (Lipinski definition) is 0. The van der Waals surface area contributed by atoms with Gasteiger partial charge in [0.05, 0.1) is 0 Å². The molecule has 0 spiro atoms. The molecule has 0 aromatic heterocycles. The molecule has 0 radical (unpaired) electrons. The molecule has 0 N–H and O–H groups in total. The molecule has 1 unspecified atom stereocenters. The molecule has 0 heterocycles. The quantitative estimate of drug-likeness (QED) is 0.242. The first-order valence-electron chi connectivity index (χ1n) is 15.2. The average molecular weight is 695 g/mol. The molecular formula is C41H40Cl2Zr. The molecule has 0 bridgehead atoms. The van der Waals surface area contributed by atoms with Crippen LogP contribution in [-0.4, -0.2) is 3.21 Å². The van der Waals surface area contributed by atoms with E-state index in [4.69, 9.17) is 0 Å². The molecule has 2 aliphatic carbocycles. The Morgan fingerprint density at radius 3 is 1.93 bits per heavy atom. The molecule has 6 rings (SSSR count). The van der Waals surface area contributed by atoms with Crippen molar-refractivity contribution >= 4 is 18.6 Å². The maximum absolute atomic E-state index is 4.25. The largest absolute Gasteiger partial charge is 1.00 e. The van der Waals surface area contributed by atoms with Crippen molar-refractivity contribution in [1.82, 2.24) is 0 Å². The monoisotopic (exact) mass is 692 g/mol. The summed E-state index contributed by atoms with van der Waals surface area (Å²) in [6.07, 6.45) is 11.3. The van der Waals surface area contributed by atoms with Gasteiger partial charge in [0.1, 0.15) is 0 Å². The fraction of sp³-hybridized carbons (Fsp3) is 0.195. The van der Waals surface area contributed by atoms with Gasteiger partial charge in [-0.1, -0.05) is 0 Å². The van der Waals surface area contributed by atoms with E-state index in [0.717, 1.165) is 12.8 Å². The molecular weight excluding hydrogens is 655 g/mol. The fourth-order valence-corrected chi connectivity index (χ4v) is 15.4. The van der Waals surface area contributed by atoms with Gasteiger partial charge in [-0.3, -0.25) is 0 Å². The minimum Gasteiger partial charge on any atom is -1.00 e. The first-order valence-corrected chi connectivity index (χ1v) is 18.9. The van der Waals surface area contributed by atoms with Crippen molar-refractivity contribution in [2.75, 3.05) is 0 Å². The van der Waals surface area contributed by atoms with Gasteiger partial charge in [0.25, 0.3) is 0 Å². The van der Waals surface area contributed by atoms with Crippen LogP contribution in [0.1, 0.15) is 67.5 Å². The van der Waals surface area contributed by atoms with E-state index >= 15 is 0 Å². The summed E-state index contributed by atoms with van der Waals surface area (Å²) in [7, 11) is 0. The number of hydrogen-bond acceptors (Lipinski definition) is 0. The van der Waals surface area contributed by atoms with Crippen molar-refractivity contribution in [3.63, 3.8) is 0 Å². The van der Waals surface area contributed by atoms with Gasteiger partial charge in [0, 0.05) is 0 Å². The zero-order valence-corrected chi connectivity index (χ0v) is 30.1. The Balaban J connectivity index is 0.00000221. The molecule has 0 saturated carbocycles. The number of halogens is 2. The van der Waals surface area contributed by atoms with Crippen molar-refractivity contribution in [3.05, 3.63) is 159 Å². The summed E-state index contributed by atoms with van der Waals surface area (Å²) in [5, 5.41) is 0. The smallest absolute Gasteiger partial charge is 1.00 e. The normalized spacial score (nSPS) is 14.5. The molecule has 2 aliphatic rings. The third-order valence-corrected chi connectivity index (χ3v) is 16.6.